The second kappa shape index (κ2) is 4.43. The van der Waals surface area contributed by atoms with Crippen molar-refractivity contribution in [1.29, 1.82) is 0 Å². The van der Waals surface area contributed by atoms with E-state index < -0.39 is 0 Å². The standard InChI is InChI=1S/C19H13ClN2O/c1-23-11-3-7-17-15(9-11)13-5-4-12-14-8-10(20)2-6-16(14)21-18(12)19(13)22-17/h2-9,21-22H,1H3. The number of H-pyrrole nitrogens is 2. The molecule has 0 saturated heterocycles. The van der Waals surface area contributed by atoms with Crippen LogP contribution in [-0.4, -0.2) is 17.1 Å². The van der Waals surface area contributed by atoms with E-state index >= 15 is 0 Å². The maximum atomic E-state index is 6.16. The van der Waals surface area contributed by atoms with E-state index in [1.54, 1.807) is 7.11 Å². The Balaban J connectivity index is 1.97. The van der Waals surface area contributed by atoms with Crippen molar-refractivity contribution in [1.82, 2.24) is 9.97 Å². The zero-order chi connectivity index (χ0) is 15.6. The highest BCUT2D eigenvalue weighted by Gasteiger charge is 2.12. The van der Waals surface area contributed by atoms with Crippen molar-refractivity contribution in [3.05, 3.63) is 53.6 Å². The number of nitrogens with one attached hydrogen (secondary N) is 2. The van der Waals surface area contributed by atoms with Crippen LogP contribution in [0.15, 0.2) is 48.5 Å². The van der Waals surface area contributed by atoms with E-state index in [-0.39, 0.29) is 0 Å². The normalized spacial score (nSPS) is 11.9. The largest absolute Gasteiger partial charge is 0.497 e. The zero-order valence-electron chi connectivity index (χ0n) is 12.4. The molecule has 2 heterocycles. The van der Waals surface area contributed by atoms with Crippen LogP contribution in [0.25, 0.3) is 43.6 Å². The first-order valence-electron chi connectivity index (χ1n) is 7.44. The summed E-state index contributed by atoms with van der Waals surface area (Å²) < 4.78 is 5.35. The minimum atomic E-state index is 0.750. The van der Waals surface area contributed by atoms with Crippen molar-refractivity contribution in [2.75, 3.05) is 7.11 Å². The van der Waals surface area contributed by atoms with Crippen LogP contribution in [0.3, 0.4) is 0 Å². The number of fused-ring (bicyclic) bond motifs is 7. The van der Waals surface area contributed by atoms with Crippen molar-refractivity contribution in [2.24, 2.45) is 0 Å². The predicted molar refractivity (Wildman–Crippen MR) is 96.7 cm³/mol. The number of halogens is 1. The van der Waals surface area contributed by atoms with Crippen molar-refractivity contribution < 1.29 is 4.74 Å². The number of rotatable bonds is 1. The fourth-order valence-electron chi connectivity index (χ4n) is 3.41. The lowest BCUT2D eigenvalue weighted by atomic mass is 10.1. The highest BCUT2D eigenvalue weighted by atomic mass is 35.5. The monoisotopic (exact) mass is 320 g/mol. The Bertz CT molecular complexity index is 1220. The van der Waals surface area contributed by atoms with Gasteiger partial charge in [0.1, 0.15) is 5.75 Å². The highest BCUT2D eigenvalue weighted by Crippen LogP contribution is 2.36. The van der Waals surface area contributed by atoms with Crippen molar-refractivity contribution >= 4 is 55.2 Å². The number of aromatic amines is 2. The third kappa shape index (κ3) is 1.71. The van der Waals surface area contributed by atoms with Gasteiger partial charge in [-0.05, 0) is 36.4 Å². The number of methoxy groups -OCH3 is 1. The van der Waals surface area contributed by atoms with E-state index in [9.17, 15) is 0 Å². The molecule has 0 unspecified atom stereocenters. The van der Waals surface area contributed by atoms with Crippen LogP contribution in [0.1, 0.15) is 0 Å². The molecule has 3 nitrogen and oxygen atoms in total. The van der Waals surface area contributed by atoms with Crippen LogP contribution in [-0.2, 0) is 0 Å². The van der Waals surface area contributed by atoms with Gasteiger partial charge in [-0.1, -0.05) is 23.7 Å². The van der Waals surface area contributed by atoms with Gasteiger partial charge < -0.3 is 14.7 Å². The molecule has 0 radical (unpaired) electrons. The summed E-state index contributed by atoms with van der Waals surface area (Å²) in [6, 6.07) is 16.3. The Hall–Kier alpha value is -2.65. The summed E-state index contributed by atoms with van der Waals surface area (Å²) in [4.78, 5) is 7.04. The van der Waals surface area contributed by atoms with Gasteiger partial charge in [-0.15, -0.1) is 0 Å². The van der Waals surface area contributed by atoms with Crippen LogP contribution in [0, 0.1) is 0 Å². The fraction of sp³-hybridized carbons (Fsp3) is 0.0526. The van der Waals surface area contributed by atoms with Crippen molar-refractivity contribution in [2.45, 2.75) is 0 Å². The zero-order valence-corrected chi connectivity index (χ0v) is 13.2. The quantitative estimate of drug-likeness (QED) is 0.413. The second-order valence-corrected chi connectivity index (χ2v) is 6.20. The number of hydrogen-bond acceptors (Lipinski definition) is 1. The summed E-state index contributed by atoms with van der Waals surface area (Å²) in [5.74, 6) is 0.863. The summed E-state index contributed by atoms with van der Waals surface area (Å²) in [7, 11) is 1.69. The Morgan fingerprint density at radius 2 is 1.35 bits per heavy atom. The van der Waals surface area contributed by atoms with E-state index in [4.69, 9.17) is 16.3 Å². The van der Waals surface area contributed by atoms with Crippen LogP contribution in [0.2, 0.25) is 5.02 Å². The molecule has 0 amide bonds. The molecule has 0 bridgehead atoms. The second-order valence-electron chi connectivity index (χ2n) is 5.76. The van der Waals surface area contributed by atoms with Crippen LogP contribution in [0.4, 0.5) is 0 Å². The molecule has 3 aromatic carbocycles. The number of ether oxygens (including phenoxy) is 1. The third-order valence-electron chi connectivity index (χ3n) is 4.51. The highest BCUT2D eigenvalue weighted by molar-refractivity contribution is 6.32. The number of benzene rings is 3. The van der Waals surface area contributed by atoms with Gasteiger partial charge in [-0.2, -0.15) is 0 Å². The Labute approximate surface area is 136 Å². The Kier molecular flexibility index (Phi) is 2.48. The average Bonchev–Trinajstić information content (AvgIpc) is 3.12. The molecule has 112 valence electrons. The number of aromatic nitrogens is 2. The first kappa shape index (κ1) is 12.9. The summed E-state index contributed by atoms with van der Waals surface area (Å²) in [6.45, 7) is 0. The Morgan fingerprint density at radius 1 is 0.739 bits per heavy atom. The summed E-state index contributed by atoms with van der Waals surface area (Å²) >= 11 is 6.16. The summed E-state index contributed by atoms with van der Waals surface area (Å²) in [5, 5.41) is 5.42. The summed E-state index contributed by atoms with van der Waals surface area (Å²) in [5.41, 5.74) is 4.41. The molecule has 0 fully saturated rings. The maximum absolute atomic E-state index is 6.16. The fourth-order valence-corrected chi connectivity index (χ4v) is 3.58. The molecule has 5 aromatic rings. The average molecular weight is 321 g/mol. The SMILES string of the molecule is COc1ccc2[nH]c3c(ccc4c5cc(Cl)ccc5[nH]c43)c2c1. The van der Waals surface area contributed by atoms with Gasteiger partial charge in [0.15, 0.2) is 0 Å². The topological polar surface area (TPSA) is 40.8 Å². The molecule has 2 aromatic heterocycles. The van der Waals surface area contributed by atoms with Gasteiger partial charge in [-0.3, -0.25) is 0 Å². The van der Waals surface area contributed by atoms with Crippen LogP contribution in [0.5, 0.6) is 5.75 Å². The van der Waals surface area contributed by atoms with E-state index in [1.807, 2.05) is 24.3 Å². The van der Waals surface area contributed by atoms with Crippen molar-refractivity contribution in [3.63, 3.8) is 0 Å². The maximum Gasteiger partial charge on any atom is 0.119 e. The molecule has 0 saturated carbocycles. The molecule has 0 aliphatic heterocycles. The van der Waals surface area contributed by atoms with Gasteiger partial charge in [0, 0.05) is 37.6 Å². The van der Waals surface area contributed by atoms with Crippen LogP contribution >= 0.6 is 11.6 Å². The molecule has 5 rings (SSSR count). The molecule has 0 aliphatic carbocycles. The molecule has 23 heavy (non-hydrogen) atoms. The first-order chi connectivity index (χ1) is 11.2. The minimum Gasteiger partial charge on any atom is -0.497 e. The Morgan fingerprint density at radius 3 is 2.00 bits per heavy atom. The molecular formula is C19H13ClN2O. The minimum absolute atomic E-state index is 0.750. The lowest BCUT2D eigenvalue weighted by Crippen LogP contribution is -1.80. The third-order valence-corrected chi connectivity index (χ3v) is 4.75. The molecule has 0 aliphatic rings. The molecule has 4 heteroatoms. The predicted octanol–water partition coefficient (Wildman–Crippen LogP) is 5.62. The lowest BCUT2D eigenvalue weighted by molar-refractivity contribution is 0.415. The van der Waals surface area contributed by atoms with Gasteiger partial charge in [-0.25, -0.2) is 0 Å². The van der Waals surface area contributed by atoms with Crippen molar-refractivity contribution in [3.8, 4) is 5.75 Å². The molecule has 2 N–H and O–H groups in total. The van der Waals surface area contributed by atoms with E-state index in [0.29, 0.717) is 0 Å². The first-order valence-corrected chi connectivity index (χ1v) is 7.82. The van der Waals surface area contributed by atoms with E-state index in [1.165, 1.54) is 10.8 Å². The summed E-state index contributed by atoms with van der Waals surface area (Å²) in [6.07, 6.45) is 0. The number of hydrogen-bond donors (Lipinski definition) is 2. The van der Waals surface area contributed by atoms with Gasteiger partial charge >= 0.3 is 0 Å². The van der Waals surface area contributed by atoms with Gasteiger partial charge in [0.25, 0.3) is 0 Å². The van der Waals surface area contributed by atoms with Crippen LogP contribution < -0.4 is 4.74 Å². The smallest absolute Gasteiger partial charge is 0.119 e. The lowest BCUT2D eigenvalue weighted by Gasteiger charge is -1.98. The van der Waals surface area contributed by atoms with Gasteiger partial charge in [0.2, 0.25) is 0 Å². The molecular weight excluding hydrogens is 308 g/mol. The van der Waals surface area contributed by atoms with E-state index in [2.05, 4.69) is 34.2 Å². The van der Waals surface area contributed by atoms with E-state index in [0.717, 1.165) is 43.6 Å². The van der Waals surface area contributed by atoms with Gasteiger partial charge in [0.05, 0.1) is 18.1 Å². The molecule has 0 atom stereocenters. The molecule has 0 spiro atoms.